The van der Waals surface area contributed by atoms with Gasteiger partial charge >= 0.3 is 0 Å². The maximum Gasteiger partial charge on any atom is 0.260 e. The molecule has 0 spiro atoms. The fourth-order valence-corrected chi connectivity index (χ4v) is 1.57. The zero-order valence-corrected chi connectivity index (χ0v) is 9.35. The van der Waals surface area contributed by atoms with Crippen molar-refractivity contribution in [1.82, 2.24) is 20.3 Å². The summed E-state index contributed by atoms with van der Waals surface area (Å²) in [7, 11) is 0. The van der Waals surface area contributed by atoms with Gasteiger partial charge in [0.1, 0.15) is 0 Å². The number of aromatic nitrogens is 4. The van der Waals surface area contributed by atoms with Crippen LogP contribution in [0, 0.1) is 0 Å². The first kappa shape index (κ1) is 9.91. The minimum Gasteiger partial charge on any atom is -0.365 e. The van der Waals surface area contributed by atoms with Crippen LogP contribution in [0.2, 0.25) is 0 Å². The first-order valence-electron chi connectivity index (χ1n) is 4.28. The van der Waals surface area contributed by atoms with Gasteiger partial charge < -0.3 is 11.2 Å². The highest BCUT2D eigenvalue weighted by Crippen LogP contribution is 2.11. The molecule has 78 valence electrons. The van der Waals surface area contributed by atoms with E-state index in [9.17, 15) is 0 Å². The monoisotopic (exact) mass is 268 g/mol. The summed E-state index contributed by atoms with van der Waals surface area (Å²) in [6, 6.07) is 7.94. The number of halogens is 1. The highest BCUT2D eigenvalue weighted by atomic mass is 79.9. The Morgan fingerprint density at radius 1 is 1.47 bits per heavy atom. The number of nitrogen functional groups attached to an aromatic ring is 1. The van der Waals surface area contributed by atoms with E-state index in [0.29, 0.717) is 6.54 Å². The standard InChI is InChI=1S/C8H9BrN6/c9-7-3-1-2-6(4-7)5-11-15-8(10)12-13-14-15/h1-4,11H,5H2,(H2,10,12,14). The Hall–Kier alpha value is -1.63. The van der Waals surface area contributed by atoms with Crippen LogP contribution >= 0.6 is 15.9 Å². The molecule has 2 rings (SSSR count). The molecule has 0 atom stereocenters. The second-order valence-corrected chi connectivity index (χ2v) is 3.83. The lowest BCUT2D eigenvalue weighted by Gasteiger charge is -2.05. The summed E-state index contributed by atoms with van der Waals surface area (Å²) in [5.74, 6) is 0.241. The summed E-state index contributed by atoms with van der Waals surface area (Å²) in [5, 5.41) is 10.6. The van der Waals surface area contributed by atoms with E-state index in [2.05, 4.69) is 36.9 Å². The SMILES string of the molecule is Nc1nnnn1NCc1cccc(Br)c1. The fourth-order valence-electron chi connectivity index (χ4n) is 1.12. The lowest BCUT2D eigenvalue weighted by Crippen LogP contribution is -2.18. The number of benzene rings is 1. The van der Waals surface area contributed by atoms with Gasteiger partial charge in [-0.1, -0.05) is 33.2 Å². The Morgan fingerprint density at radius 2 is 2.33 bits per heavy atom. The average Bonchev–Trinajstić information content (AvgIpc) is 2.61. The van der Waals surface area contributed by atoms with Crippen LogP contribution in [0.25, 0.3) is 0 Å². The molecule has 0 aliphatic carbocycles. The van der Waals surface area contributed by atoms with Crippen LogP contribution in [0.1, 0.15) is 5.56 Å². The molecule has 0 aliphatic heterocycles. The van der Waals surface area contributed by atoms with Crippen molar-refractivity contribution in [3.05, 3.63) is 34.3 Å². The van der Waals surface area contributed by atoms with E-state index in [1.807, 2.05) is 24.3 Å². The van der Waals surface area contributed by atoms with Crippen LogP contribution in [-0.2, 0) is 6.54 Å². The van der Waals surface area contributed by atoms with Crippen molar-refractivity contribution in [1.29, 1.82) is 0 Å². The van der Waals surface area contributed by atoms with Crippen LogP contribution in [0.15, 0.2) is 28.7 Å². The Morgan fingerprint density at radius 3 is 3.00 bits per heavy atom. The van der Waals surface area contributed by atoms with Crippen molar-refractivity contribution >= 4 is 21.9 Å². The van der Waals surface area contributed by atoms with Crippen molar-refractivity contribution in [2.45, 2.75) is 6.54 Å². The molecular weight excluding hydrogens is 260 g/mol. The molecule has 0 saturated carbocycles. The lowest BCUT2D eigenvalue weighted by atomic mass is 10.2. The molecule has 15 heavy (non-hydrogen) atoms. The predicted octanol–water partition coefficient (Wildman–Crippen LogP) is 0.761. The minimum absolute atomic E-state index is 0.241. The van der Waals surface area contributed by atoms with Crippen molar-refractivity contribution in [3.8, 4) is 0 Å². The van der Waals surface area contributed by atoms with Gasteiger partial charge in [-0.3, -0.25) is 0 Å². The van der Waals surface area contributed by atoms with Crippen molar-refractivity contribution in [2.24, 2.45) is 0 Å². The van der Waals surface area contributed by atoms with E-state index in [-0.39, 0.29) is 5.95 Å². The van der Waals surface area contributed by atoms with Gasteiger partial charge in [0, 0.05) is 4.47 Å². The second kappa shape index (κ2) is 4.26. The molecule has 1 aromatic heterocycles. The molecule has 1 heterocycles. The molecule has 2 aromatic rings. The number of nitrogens with one attached hydrogen (secondary N) is 1. The first-order chi connectivity index (χ1) is 7.25. The Labute approximate surface area is 94.6 Å². The number of hydrogen-bond donors (Lipinski definition) is 2. The molecule has 7 heteroatoms. The van der Waals surface area contributed by atoms with E-state index in [4.69, 9.17) is 5.73 Å². The third kappa shape index (κ3) is 2.44. The summed E-state index contributed by atoms with van der Waals surface area (Å²) in [6.07, 6.45) is 0. The third-order valence-electron chi connectivity index (χ3n) is 1.82. The van der Waals surface area contributed by atoms with Crippen LogP contribution in [0.4, 0.5) is 5.95 Å². The van der Waals surface area contributed by atoms with Crippen LogP contribution in [-0.4, -0.2) is 20.3 Å². The second-order valence-electron chi connectivity index (χ2n) is 2.91. The van der Waals surface area contributed by atoms with Crippen LogP contribution < -0.4 is 11.2 Å². The molecule has 6 nitrogen and oxygen atoms in total. The number of anilines is 1. The van der Waals surface area contributed by atoms with Crippen molar-refractivity contribution < 1.29 is 0 Å². The number of nitrogens with zero attached hydrogens (tertiary/aromatic N) is 4. The quantitative estimate of drug-likeness (QED) is 0.859. The average molecular weight is 269 g/mol. The van der Waals surface area contributed by atoms with Gasteiger partial charge in [-0.05, 0) is 28.1 Å². The molecule has 0 unspecified atom stereocenters. The third-order valence-corrected chi connectivity index (χ3v) is 2.31. The van der Waals surface area contributed by atoms with E-state index < -0.39 is 0 Å². The molecule has 0 fully saturated rings. The minimum atomic E-state index is 0.241. The summed E-state index contributed by atoms with van der Waals surface area (Å²) in [6.45, 7) is 0.606. The molecule has 1 aromatic carbocycles. The van der Waals surface area contributed by atoms with Crippen molar-refractivity contribution in [3.63, 3.8) is 0 Å². The molecule has 3 N–H and O–H groups in total. The summed E-state index contributed by atoms with van der Waals surface area (Å²) in [5.41, 5.74) is 9.57. The van der Waals surface area contributed by atoms with Gasteiger partial charge in [-0.2, -0.15) is 0 Å². The summed E-state index contributed by atoms with van der Waals surface area (Å²) in [4.78, 5) is 1.33. The molecule has 0 saturated heterocycles. The largest absolute Gasteiger partial charge is 0.365 e. The van der Waals surface area contributed by atoms with Gasteiger partial charge in [-0.15, -0.1) is 4.79 Å². The number of tetrazole rings is 1. The van der Waals surface area contributed by atoms with Crippen molar-refractivity contribution in [2.75, 3.05) is 11.2 Å². The van der Waals surface area contributed by atoms with Crippen LogP contribution in [0.3, 0.4) is 0 Å². The van der Waals surface area contributed by atoms with E-state index >= 15 is 0 Å². The molecule has 0 aliphatic rings. The highest BCUT2D eigenvalue weighted by Gasteiger charge is 1.99. The van der Waals surface area contributed by atoms with Gasteiger partial charge in [0.2, 0.25) is 0 Å². The highest BCUT2D eigenvalue weighted by molar-refractivity contribution is 9.10. The number of nitrogens with two attached hydrogens (primary N) is 1. The van der Waals surface area contributed by atoms with Crippen LogP contribution in [0.5, 0.6) is 0 Å². The molecule has 0 bridgehead atoms. The lowest BCUT2D eigenvalue weighted by molar-refractivity contribution is 0.693. The zero-order chi connectivity index (χ0) is 10.7. The predicted molar refractivity (Wildman–Crippen MR) is 59.4 cm³/mol. The zero-order valence-electron chi connectivity index (χ0n) is 7.76. The van der Waals surface area contributed by atoms with Gasteiger partial charge in [-0.25, -0.2) is 0 Å². The number of hydrogen-bond acceptors (Lipinski definition) is 5. The van der Waals surface area contributed by atoms with Gasteiger partial charge in [0.15, 0.2) is 0 Å². The van der Waals surface area contributed by atoms with Gasteiger partial charge in [0.05, 0.1) is 6.54 Å². The molecule has 0 amide bonds. The Kier molecular flexibility index (Phi) is 2.82. The fraction of sp³-hybridized carbons (Fsp3) is 0.125. The smallest absolute Gasteiger partial charge is 0.260 e. The summed E-state index contributed by atoms with van der Waals surface area (Å²) < 4.78 is 1.03. The normalized spacial score (nSPS) is 10.2. The Bertz CT molecular complexity index is 454. The van der Waals surface area contributed by atoms with E-state index in [1.165, 1.54) is 4.79 Å². The number of rotatable bonds is 3. The first-order valence-corrected chi connectivity index (χ1v) is 5.07. The summed E-state index contributed by atoms with van der Waals surface area (Å²) >= 11 is 3.40. The van der Waals surface area contributed by atoms with Gasteiger partial charge in [0.25, 0.3) is 5.95 Å². The maximum absolute atomic E-state index is 5.49. The van der Waals surface area contributed by atoms with E-state index in [1.54, 1.807) is 0 Å². The maximum atomic E-state index is 5.49. The topological polar surface area (TPSA) is 81.7 Å². The Balaban J connectivity index is 2.02. The molecule has 0 radical (unpaired) electrons. The van der Waals surface area contributed by atoms with E-state index in [0.717, 1.165) is 10.0 Å². The molecular formula is C8H9BrN6.